The van der Waals surface area contributed by atoms with Crippen molar-refractivity contribution in [2.45, 2.75) is 6.04 Å². The monoisotopic (exact) mass is 257 g/mol. The van der Waals surface area contributed by atoms with Gasteiger partial charge in [-0.3, -0.25) is 0 Å². The number of phenols is 2. The number of thiophene rings is 1. The minimum Gasteiger partial charge on any atom is -0.504 e. The van der Waals surface area contributed by atoms with Gasteiger partial charge in [0.05, 0.1) is 6.04 Å². The molecule has 0 fully saturated rings. The summed E-state index contributed by atoms with van der Waals surface area (Å²) in [7, 11) is 0. The number of benzene rings is 1. The molecule has 5 heteroatoms. The molecule has 0 aliphatic rings. The van der Waals surface area contributed by atoms with Crippen LogP contribution in [0.4, 0.5) is 0 Å². The summed E-state index contributed by atoms with van der Waals surface area (Å²) < 4.78 is 0. The molecule has 3 nitrogen and oxygen atoms in total. The summed E-state index contributed by atoms with van der Waals surface area (Å²) in [6.45, 7) is 0. The Bertz CT molecular complexity index is 459. The van der Waals surface area contributed by atoms with Gasteiger partial charge >= 0.3 is 0 Å². The normalized spacial score (nSPS) is 11.8. The average Bonchev–Trinajstić information content (AvgIpc) is 2.74. The molecule has 1 atom stereocenters. The van der Waals surface area contributed by atoms with Crippen LogP contribution in [-0.4, -0.2) is 10.2 Å². The predicted octanol–water partition coefficient (Wildman–Crippen LogP) is 2.63. The largest absolute Gasteiger partial charge is 0.504 e. The SMILES string of the molecule is Cl.N[C@H](c1ccsc1)c1cccc(O)c1O. The Balaban J connectivity index is 0.00000128. The molecule has 2 rings (SSSR count). The molecule has 0 spiro atoms. The van der Waals surface area contributed by atoms with Gasteiger partial charge in [0.15, 0.2) is 11.5 Å². The molecule has 0 bridgehead atoms. The van der Waals surface area contributed by atoms with E-state index in [1.54, 1.807) is 23.5 Å². The molecule has 0 unspecified atom stereocenters. The quantitative estimate of drug-likeness (QED) is 0.725. The number of hydrogen-bond acceptors (Lipinski definition) is 4. The summed E-state index contributed by atoms with van der Waals surface area (Å²) in [5, 5.41) is 22.8. The van der Waals surface area contributed by atoms with Gasteiger partial charge in [0.2, 0.25) is 0 Å². The first-order chi connectivity index (χ1) is 7.20. The van der Waals surface area contributed by atoms with Crippen molar-refractivity contribution >= 4 is 23.7 Å². The van der Waals surface area contributed by atoms with E-state index in [1.807, 2.05) is 16.8 Å². The summed E-state index contributed by atoms with van der Waals surface area (Å²) in [6.07, 6.45) is 0. The highest BCUT2D eigenvalue weighted by Crippen LogP contribution is 2.34. The van der Waals surface area contributed by atoms with Crippen molar-refractivity contribution in [2.75, 3.05) is 0 Å². The molecule has 1 aromatic heterocycles. The third kappa shape index (κ3) is 2.29. The zero-order valence-electron chi connectivity index (χ0n) is 8.33. The Kier molecular flexibility index (Phi) is 4.18. The van der Waals surface area contributed by atoms with Crippen LogP contribution in [-0.2, 0) is 0 Å². The smallest absolute Gasteiger partial charge is 0.162 e. The van der Waals surface area contributed by atoms with E-state index in [2.05, 4.69) is 0 Å². The van der Waals surface area contributed by atoms with Crippen LogP contribution >= 0.6 is 23.7 Å². The molecule has 4 N–H and O–H groups in total. The van der Waals surface area contributed by atoms with Crippen LogP contribution in [0.1, 0.15) is 17.2 Å². The zero-order chi connectivity index (χ0) is 10.8. The van der Waals surface area contributed by atoms with Crippen LogP contribution in [0.25, 0.3) is 0 Å². The van der Waals surface area contributed by atoms with Gasteiger partial charge in [0.1, 0.15) is 0 Å². The lowest BCUT2D eigenvalue weighted by Gasteiger charge is -2.12. The second-order valence-corrected chi connectivity index (χ2v) is 4.03. The van der Waals surface area contributed by atoms with E-state index in [-0.39, 0.29) is 23.9 Å². The number of halogens is 1. The first kappa shape index (κ1) is 12.8. The van der Waals surface area contributed by atoms with Gasteiger partial charge < -0.3 is 15.9 Å². The number of nitrogens with two attached hydrogens (primary N) is 1. The summed E-state index contributed by atoms with van der Waals surface area (Å²) in [6, 6.07) is 6.30. The third-order valence-electron chi connectivity index (χ3n) is 2.28. The Labute approximate surface area is 104 Å². The number of rotatable bonds is 2. The van der Waals surface area contributed by atoms with E-state index >= 15 is 0 Å². The van der Waals surface area contributed by atoms with E-state index in [1.165, 1.54) is 6.07 Å². The third-order valence-corrected chi connectivity index (χ3v) is 2.98. The maximum absolute atomic E-state index is 9.64. The van der Waals surface area contributed by atoms with Crippen LogP contribution in [0.2, 0.25) is 0 Å². The van der Waals surface area contributed by atoms with Gasteiger partial charge in [-0.25, -0.2) is 0 Å². The Morgan fingerprint density at radius 1 is 1.19 bits per heavy atom. The summed E-state index contributed by atoms with van der Waals surface area (Å²) in [5.74, 6) is -0.283. The van der Waals surface area contributed by atoms with Crippen molar-refractivity contribution < 1.29 is 10.2 Å². The molecule has 0 radical (unpaired) electrons. The lowest BCUT2D eigenvalue weighted by atomic mass is 10.0. The molecule has 0 amide bonds. The van der Waals surface area contributed by atoms with Crippen molar-refractivity contribution in [3.8, 4) is 11.5 Å². The Hall–Kier alpha value is -1.23. The topological polar surface area (TPSA) is 66.5 Å². The number of para-hydroxylation sites is 1. The molecule has 16 heavy (non-hydrogen) atoms. The number of aromatic hydroxyl groups is 2. The van der Waals surface area contributed by atoms with Crippen LogP contribution in [0.3, 0.4) is 0 Å². The lowest BCUT2D eigenvalue weighted by molar-refractivity contribution is 0.398. The first-order valence-electron chi connectivity index (χ1n) is 4.48. The average molecular weight is 258 g/mol. The second kappa shape index (κ2) is 5.21. The molecule has 0 aliphatic heterocycles. The maximum Gasteiger partial charge on any atom is 0.162 e. The fourth-order valence-corrected chi connectivity index (χ4v) is 2.13. The van der Waals surface area contributed by atoms with Crippen molar-refractivity contribution in [2.24, 2.45) is 5.73 Å². The van der Waals surface area contributed by atoms with Crippen LogP contribution in [0, 0.1) is 0 Å². The van der Waals surface area contributed by atoms with Crippen LogP contribution < -0.4 is 5.73 Å². The highest BCUT2D eigenvalue weighted by molar-refractivity contribution is 7.08. The molecule has 0 saturated carbocycles. The van der Waals surface area contributed by atoms with Gasteiger partial charge in [-0.1, -0.05) is 12.1 Å². The molecule has 0 saturated heterocycles. The fraction of sp³-hybridized carbons (Fsp3) is 0.0909. The van der Waals surface area contributed by atoms with Gasteiger partial charge in [-0.15, -0.1) is 12.4 Å². The lowest BCUT2D eigenvalue weighted by Crippen LogP contribution is -2.10. The van der Waals surface area contributed by atoms with Gasteiger partial charge in [-0.05, 0) is 28.5 Å². The highest BCUT2D eigenvalue weighted by Gasteiger charge is 2.15. The molecule has 1 heterocycles. The minimum absolute atomic E-state index is 0. The molecule has 86 valence electrons. The van der Waals surface area contributed by atoms with Crippen molar-refractivity contribution in [1.82, 2.24) is 0 Å². The number of hydrogen-bond donors (Lipinski definition) is 3. The van der Waals surface area contributed by atoms with E-state index < -0.39 is 6.04 Å². The van der Waals surface area contributed by atoms with Gasteiger partial charge in [0, 0.05) is 5.56 Å². The van der Waals surface area contributed by atoms with E-state index in [9.17, 15) is 10.2 Å². The number of phenolic OH excluding ortho intramolecular Hbond substituents is 2. The molecule has 1 aromatic carbocycles. The minimum atomic E-state index is -0.400. The van der Waals surface area contributed by atoms with Gasteiger partial charge in [-0.2, -0.15) is 11.3 Å². The second-order valence-electron chi connectivity index (χ2n) is 3.25. The van der Waals surface area contributed by atoms with E-state index in [4.69, 9.17) is 5.73 Å². The highest BCUT2D eigenvalue weighted by atomic mass is 35.5. The van der Waals surface area contributed by atoms with E-state index in [0.29, 0.717) is 5.56 Å². The zero-order valence-corrected chi connectivity index (χ0v) is 9.96. The molecular weight excluding hydrogens is 246 g/mol. The van der Waals surface area contributed by atoms with Crippen molar-refractivity contribution in [3.05, 3.63) is 46.2 Å². The summed E-state index contributed by atoms with van der Waals surface area (Å²) in [5.41, 5.74) is 7.43. The molecular formula is C11H12ClNO2S. The fourth-order valence-electron chi connectivity index (χ4n) is 1.43. The molecule has 2 aromatic rings. The van der Waals surface area contributed by atoms with Crippen molar-refractivity contribution in [3.63, 3.8) is 0 Å². The molecule has 0 aliphatic carbocycles. The maximum atomic E-state index is 9.64. The standard InChI is InChI=1S/C11H11NO2S.ClH/c12-10(7-4-5-15-6-7)8-2-1-3-9(13)11(8)14;/h1-6,10,13-14H,12H2;1H/t10-;/m1./s1. The van der Waals surface area contributed by atoms with Crippen LogP contribution in [0.15, 0.2) is 35.0 Å². The van der Waals surface area contributed by atoms with Crippen LogP contribution in [0.5, 0.6) is 11.5 Å². The summed E-state index contributed by atoms with van der Waals surface area (Å²) >= 11 is 1.55. The van der Waals surface area contributed by atoms with Crippen molar-refractivity contribution in [1.29, 1.82) is 0 Å². The summed E-state index contributed by atoms with van der Waals surface area (Å²) in [4.78, 5) is 0. The first-order valence-corrected chi connectivity index (χ1v) is 5.43. The van der Waals surface area contributed by atoms with Gasteiger partial charge in [0.25, 0.3) is 0 Å². The Morgan fingerprint density at radius 3 is 2.56 bits per heavy atom. The Morgan fingerprint density at radius 2 is 1.94 bits per heavy atom. The predicted molar refractivity (Wildman–Crippen MR) is 67.4 cm³/mol. The van der Waals surface area contributed by atoms with E-state index in [0.717, 1.165) is 5.56 Å².